The Labute approximate surface area is 99.8 Å². The van der Waals surface area contributed by atoms with Gasteiger partial charge in [-0.25, -0.2) is 0 Å². The second-order valence-electron chi connectivity index (χ2n) is 3.45. The van der Waals surface area contributed by atoms with Crippen molar-refractivity contribution in [2.24, 2.45) is 5.92 Å². The summed E-state index contributed by atoms with van der Waals surface area (Å²) in [5, 5.41) is 9.94. The molecule has 2 rings (SSSR count). The summed E-state index contributed by atoms with van der Waals surface area (Å²) in [4.78, 5) is 0. The molecule has 1 saturated carbocycles. The SMILES string of the molecule is OC(c1cc(Br)ccc1I)C1CC1. The van der Waals surface area contributed by atoms with E-state index in [1.165, 1.54) is 12.8 Å². The van der Waals surface area contributed by atoms with Crippen LogP contribution in [0.4, 0.5) is 0 Å². The highest BCUT2D eigenvalue weighted by Gasteiger charge is 2.31. The maximum absolute atomic E-state index is 9.94. The summed E-state index contributed by atoms with van der Waals surface area (Å²) in [5.41, 5.74) is 1.07. The van der Waals surface area contributed by atoms with Crippen molar-refractivity contribution in [3.8, 4) is 0 Å². The molecular weight excluding hydrogens is 343 g/mol. The standard InChI is InChI=1S/C10H10BrIO/c11-7-3-4-9(12)8(5-7)10(13)6-1-2-6/h3-6,10,13H,1-2H2. The molecule has 70 valence electrons. The van der Waals surface area contributed by atoms with E-state index in [-0.39, 0.29) is 6.10 Å². The molecule has 1 N–H and O–H groups in total. The Hall–Kier alpha value is 0.390. The topological polar surface area (TPSA) is 20.2 Å². The highest BCUT2D eigenvalue weighted by Crippen LogP contribution is 2.42. The predicted molar refractivity (Wildman–Crippen MR) is 64.5 cm³/mol. The zero-order valence-electron chi connectivity index (χ0n) is 7.00. The zero-order valence-corrected chi connectivity index (χ0v) is 10.7. The van der Waals surface area contributed by atoms with E-state index in [2.05, 4.69) is 38.5 Å². The van der Waals surface area contributed by atoms with Crippen molar-refractivity contribution < 1.29 is 5.11 Å². The van der Waals surface area contributed by atoms with Gasteiger partial charge in [-0.1, -0.05) is 15.9 Å². The van der Waals surface area contributed by atoms with E-state index in [0.717, 1.165) is 13.6 Å². The van der Waals surface area contributed by atoms with Crippen LogP contribution < -0.4 is 0 Å². The van der Waals surface area contributed by atoms with Crippen LogP contribution in [0.25, 0.3) is 0 Å². The smallest absolute Gasteiger partial charge is 0.0828 e. The molecule has 0 aliphatic heterocycles. The maximum Gasteiger partial charge on any atom is 0.0828 e. The average Bonchev–Trinajstić information content (AvgIpc) is 2.91. The van der Waals surface area contributed by atoms with Gasteiger partial charge in [-0.2, -0.15) is 0 Å². The van der Waals surface area contributed by atoms with Gasteiger partial charge in [-0.15, -0.1) is 0 Å². The predicted octanol–water partition coefficient (Wildman–Crippen LogP) is 3.50. The van der Waals surface area contributed by atoms with Gasteiger partial charge in [0.2, 0.25) is 0 Å². The molecule has 0 heterocycles. The quantitative estimate of drug-likeness (QED) is 0.808. The van der Waals surface area contributed by atoms with Gasteiger partial charge in [0.25, 0.3) is 0 Å². The summed E-state index contributed by atoms with van der Waals surface area (Å²) in [5.74, 6) is 0.503. The molecule has 1 atom stereocenters. The molecule has 1 fully saturated rings. The molecule has 1 nitrogen and oxygen atoms in total. The fourth-order valence-electron chi connectivity index (χ4n) is 1.41. The maximum atomic E-state index is 9.94. The van der Waals surface area contributed by atoms with E-state index in [1.807, 2.05) is 18.2 Å². The third-order valence-corrected chi connectivity index (χ3v) is 3.82. The Bertz CT molecular complexity index is 323. The van der Waals surface area contributed by atoms with E-state index in [4.69, 9.17) is 0 Å². The third-order valence-electron chi connectivity index (χ3n) is 2.35. The van der Waals surface area contributed by atoms with E-state index in [9.17, 15) is 5.11 Å². The number of hydrogen-bond acceptors (Lipinski definition) is 1. The molecule has 1 unspecified atom stereocenters. The second-order valence-corrected chi connectivity index (χ2v) is 5.53. The van der Waals surface area contributed by atoms with Crippen LogP contribution in [0, 0.1) is 9.49 Å². The van der Waals surface area contributed by atoms with Crippen LogP contribution in [0.3, 0.4) is 0 Å². The van der Waals surface area contributed by atoms with Crippen LogP contribution in [0.1, 0.15) is 24.5 Å². The molecule has 13 heavy (non-hydrogen) atoms. The summed E-state index contributed by atoms with van der Waals surface area (Å²) in [7, 11) is 0. The van der Waals surface area contributed by atoms with Gasteiger partial charge in [-0.3, -0.25) is 0 Å². The molecular formula is C10H10BrIO. The molecule has 0 amide bonds. The molecule has 0 radical (unpaired) electrons. The fraction of sp³-hybridized carbons (Fsp3) is 0.400. The monoisotopic (exact) mass is 352 g/mol. The van der Waals surface area contributed by atoms with E-state index in [1.54, 1.807) is 0 Å². The van der Waals surface area contributed by atoms with Gasteiger partial charge in [0.1, 0.15) is 0 Å². The van der Waals surface area contributed by atoms with Crippen molar-refractivity contribution in [2.75, 3.05) is 0 Å². The summed E-state index contributed by atoms with van der Waals surface area (Å²) < 4.78 is 2.20. The van der Waals surface area contributed by atoms with Crippen molar-refractivity contribution in [3.05, 3.63) is 31.8 Å². The van der Waals surface area contributed by atoms with Crippen LogP contribution in [0.15, 0.2) is 22.7 Å². The minimum atomic E-state index is -0.260. The number of benzene rings is 1. The highest BCUT2D eigenvalue weighted by molar-refractivity contribution is 14.1. The van der Waals surface area contributed by atoms with Crippen LogP contribution >= 0.6 is 38.5 Å². The summed E-state index contributed by atoms with van der Waals surface area (Å²) >= 11 is 5.69. The van der Waals surface area contributed by atoms with Crippen molar-refractivity contribution in [1.29, 1.82) is 0 Å². The molecule has 1 aromatic rings. The highest BCUT2D eigenvalue weighted by atomic mass is 127. The third kappa shape index (κ3) is 2.25. The Morgan fingerprint density at radius 3 is 2.77 bits per heavy atom. The van der Waals surface area contributed by atoms with Crippen LogP contribution in [-0.2, 0) is 0 Å². The van der Waals surface area contributed by atoms with Gasteiger partial charge >= 0.3 is 0 Å². The lowest BCUT2D eigenvalue weighted by Gasteiger charge is -2.11. The van der Waals surface area contributed by atoms with Crippen molar-refractivity contribution in [2.45, 2.75) is 18.9 Å². The Morgan fingerprint density at radius 2 is 2.15 bits per heavy atom. The van der Waals surface area contributed by atoms with E-state index >= 15 is 0 Å². The molecule has 1 aromatic carbocycles. The number of aliphatic hydroxyl groups excluding tert-OH is 1. The molecule has 3 heteroatoms. The summed E-state index contributed by atoms with van der Waals surface area (Å²) in [6, 6.07) is 6.06. The summed E-state index contributed by atoms with van der Waals surface area (Å²) in [6.45, 7) is 0. The molecule has 0 bridgehead atoms. The van der Waals surface area contributed by atoms with Gasteiger partial charge in [0.15, 0.2) is 0 Å². The zero-order chi connectivity index (χ0) is 9.42. The number of halogens is 2. The van der Waals surface area contributed by atoms with E-state index in [0.29, 0.717) is 5.92 Å². The van der Waals surface area contributed by atoms with Crippen molar-refractivity contribution >= 4 is 38.5 Å². The van der Waals surface area contributed by atoms with Gasteiger partial charge in [-0.05, 0) is 65.1 Å². The van der Waals surface area contributed by atoms with Crippen molar-refractivity contribution in [1.82, 2.24) is 0 Å². The first kappa shape index (κ1) is 9.93. The Balaban J connectivity index is 2.31. The van der Waals surface area contributed by atoms with Crippen LogP contribution in [0.5, 0.6) is 0 Å². The number of hydrogen-bond donors (Lipinski definition) is 1. The number of rotatable bonds is 2. The molecule has 0 saturated heterocycles. The minimum Gasteiger partial charge on any atom is -0.388 e. The average molecular weight is 353 g/mol. The van der Waals surface area contributed by atoms with Gasteiger partial charge in [0.05, 0.1) is 6.10 Å². The lowest BCUT2D eigenvalue weighted by Crippen LogP contribution is -2.01. The first-order valence-corrected chi connectivity index (χ1v) is 6.18. The normalized spacial score (nSPS) is 18.7. The second kappa shape index (κ2) is 3.87. The largest absolute Gasteiger partial charge is 0.388 e. The lowest BCUT2D eigenvalue weighted by atomic mass is 10.1. The number of aliphatic hydroxyl groups is 1. The van der Waals surface area contributed by atoms with Gasteiger partial charge < -0.3 is 5.11 Å². The van der Waals surface area contributed by atoms with Gasteiger partial charge in [0, 0.05) is 8.04 Å². The molecule has 1 aliphatic carbocycles. The Morgan fingerprint density at radius 1 is 1.46 bits per heavy atom. The first-order chi connectivity index (χ1) is 6.18. The lowest BCUT2D eigenvalue weighted by molar-refractivity contribution is 0.153. The van der Waals surface area contributed by atoms with E-state index < -0.39 is 0 Å². The molecule has 1 aliphatic rings. The first-order valence-electron chi connectivity index (χ1n) is 4.31. The van der Waals surface area contributed by atoms with Crippen LogP contribution in [0.2, 0.25) is 0 Å². The Kier molecular flexibility index (Phi) is 2.95. The van der Waals surface area contributed by atoms with Crippen molar-refractivity contribution in [3.63, 3.8) is 0 Å². The minimum absolute atomic E-state index is 0.260. The molecule has 0 aromatic heterocycles. The summed E-state index contributed by atoms with van der Waals surface area (Å²) in [6.07, 6.45) is 2.08. The molecule has 0 spiro atoms. The fourth-order valence-corrected chi connectivity index (χ4v) is 2.44. The van der Waals surface area contributed by atoms with Crippen LogP contribution in [-0.4, -0.2) is 5.11 Å².